The van der Waals surface area contributed by atoms with Gasteiger partial charge in [0, 0.05) is 6.42 Å². The molecular formula is C10H8F3NO3S. The molecule has 0 radical (unpaired) electrons. The molecule has 2 rings (SSSR count). The average Bonchev–Trinajstić information content (AvgIpc) is 2.35. The van der Waals surface area contributed by atoms with Crippen LogP contribution in [0.1, 0.15) is 12.0 Å². The number of sulfone groups is 1. The van der Waals surface area contributed by atoms with E-state index in [0.29, 0.717) is 12.1 Å². The Labute approximate surface area is 101 Å². The van der Waals surface area contributed by atoms with E-state index in [2.05, 4.69) is 5.32 Å². The van der Waals surface area contributed by atoms with E-state index >= 15 is 0 Å². The van der Waals surface area contributed by atoms with E-state index < -0.39 is 33.2 Å². The van der Waals surface area contributed by atoms with Crippen LogP contribution in [0.3, 0.4) is 0 Å². The molecule has 1 heterocycles. The van der Waals surface area contributed by atoms with Crippen molar-refractivity contribution in [3.8, 4) is 0 Å². The van der Waals surface area contributed by atoms with Gasteiger partial charge < -0.3 is 5.32 Å². The number of nitrogens with one attached hydrogen (secondary N) is 1. The van der Waals surface area contributed by atoms with Gasteiger partial charge in [-0.1, -0.05) is 0 Å². The van der Waals surface area contributed by atoms with Crippen LogP contribution in [0.25, 0.3) is 0 Å². The SMILES string of the molecule is O=C1CCS(=O)(=O)c2ccc(C(F)(F)F)cc2N1. The fraction of sp³-hybridized carbons (Fsp3) is 0.300. The highest BCUT2D eigenvalue weighted by Crippen LogP contribution is 2.34. The molecule has 1 N–H and O–H groups in total. The highest BCUT2D eigenvalue weighted by molar-refractivity contribution is 7.91. The van der Waals surface area contributed by atoms with Gasteiger partial charge in [-0.15, -0.1) is 0 Å². The summed E-state index contributed by atoms with van der Waals surface area (Å²) < 4.78 is 60.9. The molecule has 1 aliphatic rings. The van der Waals surface area contributed by atoms with Crippen molar-refractivity contribution in [3.63, 3.8) is 0 Å². The number of anilines is 1. The molecule has 0 atom stereocenters. The smallest absolute Gasteiger partial charge is 0.325 e. The van der Waals surface area contributed by atoms with Crippen LogP contribution in [-0.4, -0.2) is 20.1 Å². The Balaban J connectivity index is 2.62. The number of alkyl halides is 3. The quantitative estimate of drug-likeness (QED) is 0.788. The fourth-order valence-electron chi connectivity index (χ4n) is 1.62. The van der Waals surface area contributed by atoms with Crippen molar-refractivity contribution in [2.45, 2.75) is 17.5 Å². The molecule has 0 saturated carbocycles. The number of benzene rings is 1. The predicted octanol–water partition coefficient (Wildman–Crippen LogP) is 1.82. The zero-order chi connectivity index (χ0) is 13.6. The van der Waals surface area contributed by atoms with Crippen molar-refractivity contribution in [2.75, 3.05) is 11.1 Å². The minimum Gasteiger partial charge on any atom is -0.325 e. The van der Waals surface area contributed by atoms with Crippen molar-refractivity contribution in [3.05, 3.63) is 23.8 Å². The molecule has 0 aromatic heterocycles. The second-order valence-corrected chi connectivity index (χ2v) is 5.90. The molecule has 1 aliphatic heterocycles. The first-order chi connectivity index (χ1) is 8.20. The van der Waals surface area contributed by atoms with Crippen LogP contribution in [0.15, 0.2) is 23.1 Å². The highest BCUT2D eigenvalue weighted by atomic mass is 32.2. The maximum Gasteiger partial charge on any atom is 0.416 e. The van der Waals surface area contributed by atoms with Crippen LogP contribution in [0.5, 0.6) is 0 Å². The molecule has 18 heavy (non-hydrogen) atoms. The minimum absolute atomic E-state index is 0.266. The topological polar surface area (TPSA) is 63.2 Å². The largest absolute Gasteiger partial charge is 0.416 e. The first kappa shape index (κ1) is 12.9. The van der Waals surface area contributed by atoms with Gasteiger partial charge in [0.1, 0.15) is 0 Å². The second-order valence-electron chi connectivity index (χ2n) is 3.83. The summed E-state index contributed by atoms with van der Waals surface area (Å²) in [5, 5.41) is 2.17. The molecule has 8 heteroatoms. The van der Waals surface area contributed by atoms with Crippen molar-refractivity contribution in [1.82, 2.24) is 0 Å². The Morgan fingerprint density at radius 3 is 2.50 bits per heavy atom. The minimum atomic E-state index is -4.59. The number of fused-ring (bicyclic) bond motifs is 1. The fourth-order valence-corrected chi connectivity index (χ4v) is 3.02. The summed E-state index contributed by atoms with van der Waals surface area (Å²) in [5.74, 6) is -1.02. The molecule has 0 saturated heterocycles. The summed E-state index contributed by atoms with van der Waals surface area (Å²) in [7, 11) is -3.72. The maximum atomic E-state index is 12.5. The third-order valence-electron chi connectivity index (χ3n) is 2.51. The van der Waals surface area contributed by atoms with Crippen molar-refractivity contribution < 1.29 is 26.4 Å². The lowest BCUT2D eigenvalue weighted by Crippen LogP contribution is -2.11. The van der Waals surface area contributed by atoms with Gasteiger partial charge in [0.05, 0.1) is 21.9 Å². The number of rotatable bonds is 0. The van der Waals surface area contributed by atoms with Gasteiger partial charge in [-0.2, -0.15) is 13.2 Å². The standard InChI is InChI=1S/C10H8F3NO3S/c11-10(12,13)6-1-2-8-7(5-6)14-9(15)3-4-18(8,16)17/h1-2,5H,3-4H2,(H,14,15). The van der Waals surface area contributed by atoms with Gasteiger partial charge >= 0.3 is 6.18 Å². The number of hydrogen-bond acceptors (Lipinski definition) is 3. The normalized spacial score (nSPS) is 18.7. The van der Waals surface area contributed by atoms with E-state index in [1.54, 1.807) is 0 Å². The number of carbonyl (C=O) groups excluding carboxylic acids is 1. The lowest BCUT2D eigenvalue weighted by molar-refractivity contribution is -0.137. The Morgan fingerprint density at radius 2 is 1.89 bits per heavy atom. The average molecular weight is 279 g/mol. The first-order valence-corrected chi connectivity index (χ1v) is 6.59. The monoisotopic (exact) mass is 279 g/mol. The Kier molecular flexibility index (Phi) is 2.84. The Morgan fingerprint density at radius 1 is 1.22 bits per heavy atom. The molecule has 1 aromatic rings. The van der Waals surface area contributed by atoms with Gasteiger partial charge in [0.2, 0.25) is 5.91 Å². The third kappa shape index (κ3) is 2.33. The van der Waals surface area contributed by atoms with E-state index in [9.17, 15) is 26.4 Å². The molecule has 98 valence electrons. The van der Waals surface area contributed by atoms with E-state index in [1.807, 2.05) is 0 Å². The van der Waals surface area contributed by atoms with E-state index in [-0.39, 0.29) is 17.0 Å². The Bertz CT molecular complexity index is 607. The molecule has 0 spiro atoms. The lowest BCUT2D eigenvalue weighted by atomic mass is 10.2. The Hall–Kier alpha value is -1.57. The van der Waals surface area contributed by atoms with E-state index in [4.69, 9.17) is 0 Å². The van der Waals surface area contributed by atoms with Gasteiger partial charge in [0.15, 0.2) is 9.84 Å². The van der Waals surface area contributed by atoms with Gasteiger partial charge in [-0.25, -0.2) is 8.42 Å². The van der Waals surface area contributed by atoms with Gasteiger partial charge in [-0.05, 0) is 18.2 Å². The van der Waals surface area contributed by atoms with Gasteiger partial charge in [0.25, 0.3) is 0 Å². The number of carbonyl (C=O) groups is 1. The first-order valence-electron chi connectivity index (χ1n) is 4.94. The molecule has 0 aliphatic carbocycles. The van der Waals surface area contributed by atoms with E-state index in [1.165, 1.54) is 0 Å². The zero-order valence-corrected chi connectivity index (χ0v) is 9.73. The van der Waals surface area contributed by atoms with Crippen LogP contribution in [0, 0.1) is 0 Å². The molecule has 0 fully saturated rings. The highest BCUT2D eigenvalue weighted by Gasteiger charge is 2.33. The molecule has 0 unspecified atom stereocenters. The molecule has 1 aromatic carbocycles. The van der Waals surface area contributed by atoms with Crippen LogP contribution < -0.4 is 5.32 Å². The molecule has 4 nitrogen and oxygen atoms in total. The van der Waals surface area contributed by atoms with Crippen molar-refractivity contribution >= 4 is 21.4 Å². The van der Waals surface area contributed by atoms with Crippen LogP contribution in [0.4, 0.5) is 18.9 Å². The van der Waals surface area contributed by atoms with Crippen LogP contribution >= 0.6 is 0 Å². The van der Waals surface area contributed by atoms with Crippen LogP contribution in [-0.2, 0) is 20.8 Å². The summed E-state index contributed by atoms with van der Waals surface area (Å²) in [4.78, 5) is 11.0. The summed E-state index contributed by atoms with van der Waals surface area (Å²) in [6, 6.07) is 2.20. The number of amides is 1. The summed E-state index contributed by atoms with van der Waals surface area (Å²) >= 11 is 0. The summed E-state index contributed by atoms with van der Waals surface area (Å²) in [6.45, 7) is 0. The zero-order valence-electron chi connectivity index (χ0n) is 8.91. The molecule has 1 amide bonds. The molecule has 0 bridgehead atoms. The molecular weight excluding hydrogens is 271 g/mol. The summed E-state index contributed by atoms with van der Waals surface area (Å²) in [5.41, 5.74) is -1.31. The number of hydrogen-bond donors (Lipinski definition) is 1. The maximum absolute atomic E-state index is 12.5. The van der Waals surface area contributed by atoms with Crippen molar-refractivity contribution in [2.24, 2.45) is 0 Å². The van der Waals surface area contributed by atoms with Gasteiger partial charge in [-0.3, -0.25) is 4.79 Å². The lowest BCUT2D eigenvalue weighted by Gasteiger charge is -2.11. The predicted molar refractivity (Wildman–Crippen MR) is 56.7 cm³/mol. The van der Waals surface area contributed by atoms with E-state index in [0.717, 1.165) is 6.07 Å². The van der Waals surface area contributed by atoms with Crippen molar-refractivity contribution in [1.29, 1.82) is 0 Å². The second kappa shape index (κ2) is 3.98. The van der Waals surface area contributed by atoms with Crippen LogP contribution in [0.2, 0.25) is 0 Å². The number of halogens is 3. The third-order valence-corrected chi connectivity index (χ3v) is 4.28. The summed E-state index contributed by atoms with van der Waals surface area (Å²) in [6.07, 6.45) is -4.85.